The van der Waals surface area contributed by atoms with Gasteiger partial charge in [-0.15, -0.1) is 29.7 Å². The Bertz CT molecular complexity index is 1080. The summed E-state index contributed by atoms with van der Waals surface area (Å²) in [5, 5.41) is 12.1. The number of nitrogens with zero attached hydrogens (tertiary/aromatic N) is 2. The first kappa shape index (κ1) is 20.4. The molecule has 3 heterocycles. The predicted octanol–water partition coefficient (Wildman–Crippen LogP) is 2.45. The quantitative estimate of drug-likeness (QED) is 0.528. The molecule has 4 rings (SSSR count). The maximum Gasteiger partial charge on any atom is 0.353 e. The molecular weight excluding hydrogens is 422 g/mol. The summed E-state index contributed by atoms with van der Waals surface area (Å²) in [6.45, 7) is 5.57. The number of nitrogens with one attached hydrogen (secondary N) is 1. The van der Waals surface area contributed by atoms with Crippen molar-refractivity contribution in [3.05, 3.63) is 70.3 Å². The number of hydrogen-bond acceptors (Lipinski definition) is 6. The zero-order chi connectivity index (χ0) is 21.5. The van der Waals surface area contributed by atoms with Crippen LogP contribution in [0.25, 0.3) is 5.57 Å². The second-order valence-electron chi connectivity index (χ2n) is 7.02. The van der Waals surface area contributed by atoms with Crippen LogP contribution in [-0.2, 0) is 20.8 Å². The van der Waals surface area contributed by atoms with Crippen molar-refractivity contribution < 1.29 is 19.5 Å². The Morgan fingerprint density at radius 3 is 2.73 bits per heavy atom. The van der Waals surface area contributed by atoms with Gasteiger partial charge in [-0.25, -0.2) is 9.78 Å². The van der Waals surface area contributed by atoms with Crippen LogP contribution in [0.1, 0.15) is 16.1 Å². The first-order valence-electron chi connectivity index (χ1n) is 9.19. The number of aromatic nitrogens is 1. The minimum Gasteiger partial charge on any atom is -0.477 e. The normalized spacial score (nSPS) is 22.9. The van der Waals surface area contributed by atoms with E-state index in [1.807, 2.05) is 37.3 Å². The fourth-order valence-electron chi connectivity index (χ4n) is 3.76. The van der Waals surface area contributed by atoms with Crippen molar-refractivity contribution in [3.8, 4) is 0 Å². The van der Waals surface area contributed by atoms with Gasteiger partial charge in [-0.2, -0.15) is 0 Å². The van der Waals surface area contributed by atoms with Crippen molar-refractivity contribution in [2.75, 3.05) is 5.75 Å². The van der Waals surface area contributed by atoms with E-state index in [9.17, 15) is 19.5 Å². The second-order valence-corrected chi connectivity index (χ2v) is 8.94. The Balaban J connectivity index is 1.63. The maximum atomic E-state index is 13.2. The van der Waals surface area contributed by atoms with Crippen LogP contribution in [0, 0.1) is 6.92 Å². The van der Waals surface area contributed by atoms with E-state index < -0.39 is 22.8 Å². The van der Waals surface area contributed by atoms with Crippen LogP contribution in [0.5, 0.6) is 0 Å². The third kappa shape index (κ3) is 3.14. The highest BCUT2D eigenvalue weighted by molar-refractivity contribution is 8.00. The third-order valence-corrected chi connectivity index (χ3v) is 7.55. The van der Waals surface area contributed by atoms with Crippen LogP contribution >= 0.6 is 23.1 Å². The number of aliphatic carboxylic acids is 1. The summed E-state index contributed by atoms with van der Waals surface area (Å²) in [5.41, 5.74) is 2.40. The molecular formula is C21H19N3O4S2. The summed E-state index contributed by atoms with van der Waals surface area (Å²) in [6.07, 6.45) is 1.53. The highest BCUT2D eigenvalue weighted by Crippen LogP contribution is 2.49. The van der Waals surface area contributed by atoms with E-state index in [2.05, 4.69) is 16.9 Å². The lowest BCUT2D eigenvalue weighted by Gasteiger charge is -2.56. The minimum absolute atomic E-state index is 0.0501. The lowest BCUT2D eigenvalue weighted by molar-refractivity contribution is -0.155. The number of aryl methyl sites for hydroxylation is 1. The van der Waals surface area contributed by atoms with Gasteiger partial charge in [0.1, 0.15) is 11.1 Å². The number of thioether (sulfide) groups is 1. The Labute approximate surface area is 181 Å². The molecule has 1 saturated heterocycles. The van der Waals surface area contributed by atoms with Crippen molar-refractivity contribution in [1.82, 2.24) is 15.2 Å². The molecule has 0 bridgehead atoms. The summed E-state index contributed by atoms with van der Waals surface area (Å²) in [4.78, 5) is 44.1. The van der Waals surface area contributed by atoms with E-state index in [-0.39, 0.29) is 18.0 Å². The number of fused-ring (bicyclic) bond motifs is 1. The fourth-order valence-corrected chi connectivity index (χ4v) is 6.17. The van der Waals surface area contributed by atoms with Gasteiger partial charge in [0.05, 0.1) is 22.5 Å². The third-order valence-electron chi connectivity index (χ3n) is 5.21. The molecule has 1 unspecified atom stereocenters. The minimum atomic E-state index is -1.33. The molecule has 2 atom stereocenters. The van der Waals surface area contributed by atoms with Crippen LogP contribution in [-0.4, -0.2) is 49.4 Å². The molecule has 30 heavy (non-hydrogen) atoms. The number of rotatable bonds is 6. The molecule has 0 spiro atoms. The first-order valence-corrected chi connectivity index (χ1v) is 11.1. The van der Waals surface area contributed by atoms with E-state index in [4.69, 9.17) is 0 Å². The molecule has 1 fully saturated rings. The van der Waals surface area contributed by atoms with Crippen molar-refractivity contribution in [1.29, 1.82) is 0 Å². The van der Waals surface area contributed by atoms with E-state index >= 15 is 0 Å². The van der Waals surface area contributed by atoms with Gasteiger partial charge in [-0.3, -0.25) is 14.5 Å². The number of carbonyl (C=O) groups excluding carboxylic acids is 2. The van der Waals surface area contributed by atoms with Gasteiger partial charge in [0, 0.05) is 11.3 Å². The van der Waals surface area contributed by atoms with Gasteiger partial charge in [0.15, 0.2) is 5.54 Å². The van der Waals surface area contributed by atoms with Crippen LogP contribution in [0.2, 0.25) is 0 Å². The Morgan fingerprint density at radius 2 is 2.13 bits per heavy atom. The topological polar surface area (TPSA) is 99.6 Å². The Hall–Kier alpha value is -2.91. The molecule has 2 aliphatic rings. The number of hydrogen-bond donors (Lipinski definition) is 2. The molecule has 2 N–H and O–H groups in total. The van der Waals surface area contributed by atoms with Crippen molar-refractivity contribution >= 4 is 46.5 Å². The molecule has 2 aliphatic heterocycles. The van der Waals surface area contributed by atoms with Gasteiger partial charge in [-0.05, 0) is 12.5 Å². The molecule has 9 heteroatoms. The summed E-state index contributed by atoms with van der Waals surface area (Å²) < 4.78 is 0. The highest BCUT2D eigenvalue weighted by atomic mass is 32.2. The van der Waals surface area contributed by atoms with Crippen LogP contribution in [0.3, 0.4) is 0 Å². The van der Waals surface area contributed by atoms with E-state index in [1.54, 1.807) is 5.51 Å². The number of amides is 2. The second kappa shape index (κ2) is 7.73. The summed E-state index contributed by atoms with van der Waals surface area (Å²) in [6, 6.07) is 9.21. The lowest BCUT2D eigenvalue weighted by atomic mass is 9.85. The average Bonchev–Trinajstić information content (AvgIpc) is 3.16. The molecule has 0 radical (unpaired) electrons. The number of β-lactam (4-membered cyclic amide) rings is 1. The maximum absolute atomic E-state index is 13.2. The number of thiazole rings is 1. The largest absolute Gasteiger partial charge is 0.477 e. The molecule has 0 aliphatic carbocycles. The molecule has 1 aromatic carbocycles. The van der Waals surface area contributed by atoms with Gasteiger partial charge in [0.2, 0.25) is 5.91 Å². The summed E-state index contributed by atoms with van der Waals surface area (Å²) >= 11 is 2.76. The number of carboxylic acids is 1. The average molecular weight is 442 g/mol. The van der Waals surface area contributed by atoms with Gasteiger partial charge in [0.25, 0.3) is 5.91 Å². The van der Waals surface area contributed by atoms with E-state index in [0.29, 0.717) is 11.3 Å². The number of carbonyl (C=O) groups is 3. The Morgan fingerprint density at radius 1 is 1.40 bits per heavy atom. The molecule has 2 aromatic rings. The van der Waals surface area contributed by atoms with Crippen LogP contribution < -0.4 is 5.32 Å². The van der Waals surface area contributed by atoms with Gasteiger partial charge in [-0.1, -0.05) is 36.4 Å². The molecule has 1 aromatic heterocycles. The predicted molar refractivity (Wildman–Crippen MR) is 116 cm³/mol. The van der Waals surface area contributed by atoms with Crippen LogP contribution in [0.15, 0.2) is 54.2 Å². The lowest BCUT2D eigenvalue weighted by Crippen LogP contribution is -2.79. The highest BCUT2D eigenvalue weighted by Gasteiger charge is 2.64. The summed E-state index contributed by atoms with van der Waals surface area (Å²) in [7, 11) is 0. The molecule has 2 amide bonds. The molecule has 7 nitrogen and oxygen atoms in total. The zero-order valence-corrected chi connectivity index (χ0v) is 17.8. The number of carboxylic acid groups (broad SMARTS) is 1. The smallest absolute Gasteiger partial charge is 0.353 e. The van der Waals surface area contributed by atoms with Gasteiger partial charge >= 0.3 is 5.97 Å². The van der Waals surface area contributed by atoms with Crippen LogP contribution in [0.4, 0.5) is 0 Å². The van der Waals surface area contributed by atoms with E-state index in [1.165, 1.54) is 34.1 Å². The monoisotopic (exact) mass is 441 g/mol. The first-order chi connectivity index (χ1) is 14.4. The number of benzene rings is 1. The standard InChI is InChI=1S/C21H19N3O4S2/c1-3-21(23-15(25)9-13-7-5-4-6-8-13)19(28)24-16(18(26)27)14(10-29-20(21)24)17-12(2)22-11-30-17/h3-8,11,20H,1,9-10H2,2H3,(H,23,25)(H,26,27)/t20-,21?/m0/s1. The van der Waals surface area contributed by atoms with Gasteiger partial charge < -0.3 is 10.4 Å². The van der Waals surface area contributed by atoms with Crippen molar-refractivity contribution in [2.45, 2.75) is 24.3 Å². The molecule has 0 saturated carbocycles. The SMILES string of the molecule is C=CC1(NC(=O)Cc2ccccc2)C(=O)N2C(C(=O)O)=C(c3scnc3C)CS[C@H]21. The van der Waals surface area contributed by atoms with E-state index in [0.717, 1.165) is 16.1 Å². The zero-order valence-electron chi connectivity index (χ0n) is 16.1. The van der Waals surface area contributed by atoms with Crippen molar-refractivity contribution in [2.24, 2.45) is 0 Å². The fraction of sp³-hybridized carbons (Fsp3) is 0.238. The molecule has 154 valence electrons. The summed E-state index contributed by atoms with van der Waals surface area (Å²) in [5.74, 6) is -1.60. The van der Waals surface area contributed by atoms with Crippen molar-refractivity contribution in [3.63, 3.8) is 0 Å². The Kier molecular flexibility index (Phi) is 5.25.